The first-order valence-corrected chi connectivity index (χ1v) is 9.66. The highest BCUT2D eigenvalue weighted by Gasteiger charge is 2.60. The Hall–Kier alpha value is -1.96. The summed E-state index contributed by atoms with van der Waals surface area (Å²) in [7, 11) is 0. The fourth-order valence-electron chi connectivity index (χ4n) is 2.96. The van der Waals surface area contributed by atoms with Crippen LogP contribution in [-0.4, -0.2) is 83.6 Å². The van der Waals surface area contributed by atoms with E-state index in [1.165, 1.54) is 0 Å². The van der Waals surface area contributed by atoms with E-state index in [9.17, 15) is 31.1 Å². The first kappa shape index (κ1) is 26.3. The highest BCUT2D eigenvalue weighted by atomic mass is 35.5. The third-order valence-corrected chi connectivity index (χ3v) is 5.06. The van der Waals surface area contributed by atoms with Crippen LogP contribution in [-0.2, 0) is 11.3 Å². The van der Waals surface area contributed by atoms with Gasteiger partial charge in [0.05, 0.1) is 5.02 Å². The molecule has 32 heavy (non-hydrogen) atoms. The number of aliphatic hydroxyl groups is 2. The lowest BCUT2D eigenvalue weighted by molar-refractivity contribution is -0.308. The molecule has 1 aliphatic rings. The summed E-state index contributed by atoms with van der Waals surface area (Å²) in [5, 5.41) is 18.3. The van der Waals surface area contributed by atoms with Crippen LogP contribution < -0.4 is 4.74 Å². The average Bonchev–Trinajstić information content (AvgIpc) is 2.67. The zero-order valence-electron chi connectivity index (χ0n) is 16.7. The number of benzene rings is 1. The minimum Gasteiger partial charge on any atom is -0.486 e. The molecule has 1 amide bonds. The number of aliphatic hydroxyl groups excluding tert-OH is 1. The van der Waals surface area contributed by atoms with E-state index >= 15 is 0 Å². The smallest absolute Gasteiger partial charge is 0.434 e. The van der Waals surface area contributed by atoms with Gasteiger partial charge in [-0.05, 0) is 12.5 Å². The number of halogens is 7. The number of ether oxygens (including phenoxy) is 2. The van der Waals surface area contributed by atoms with E-state index in [0.29, 0.717) is 11.1 Å². The Morgan fingerprint density at radius 2 is 1.66 bits per heavy atom. The van der Waals surface area contributed by atoms with Gasteiger partial charge in [0.2, 0.25) is 0 Å². The van der Waals surface area contributed by atoms with Crippen molar-refractivity contribution in [2.75, 3.05) is 32.8 Å². The number of rotatable bonds is 6. The topological polar surface area (TPSA) is 82.5 Å². The molecule has 0 bridgehead atoms. The monoisotopic (exact) mass is 494 g/mol. The summed E-state index contributed by atoms with van der Waals surface area (Å²) in [6.45, 7) is 1.45. The summed E-state index contributed by atoms with van der Waals surface area (Å²) >= 11 is 6.23. The Labute approximate surface area is 184 Å². The molecular weight excluding hydrogens is 474 g/mol. The Morgan fingerprint density at radius 3 is 2.16 bits per heavy atom. The van der Waals surface area contributed by atoms with Gasteiger partial charge in [-0.2, -0.15) is 26.3 Å². The van der Waals surface area contributed by atoms with E-state index in [4.69, 9.17) is 26.6 Å². The Balaban J connectivity index is 2.00. The fourth-order valence-corrected chi connectivity index (χ4v) is 3.20. The van der Waals surface area contributed by atoms with Gasteiger partial charge in [0.25, 0.3) is 6.10 Å². The summed E-state index contributed by atoms with van der Waals surface area (Å²) in [5.41, 5.74) is 1.25. The van der Waals surface area contributed by atoms with Crippen molar-refractivity contribution in [3.63, 3.8) is 0 Å². The summed E-state index contributed by atoms with van der Waals surface area (Å²) < 4.78 is 84.6. The molecule has 0 unspecified atom stereocenters. The van der Waals surface area contributed by atoms with Crippen molar-refractivity contribution in [2.24, 2.45) is 0 Å². The molecule has 1 aromatic rings. The molecule has 0 aliphatic carbocycles. The molecular formula is C18H21ClF6N2O5. The molecule has 0 radical (unpaired) electrons. The molecule has 14 heteroatoms. The molecule has 1 heterocycles. The second-order valence-corrected chi connectivity index (χ2v) is 7.46. The third-order valence-electron chi connectivity index (χ3n) is 4.59. The van der Waals surface area contributed by atoms with Gasteiger partial charge in [0.15, 0.2) is 6.29 Å². The van der Waals surface area contributed by atoms with Crippen LogP contribution in [0.4, 0.5) is 31.1 Å². The normalized spacial score (nSPS) is 16.1. The molecule has 1 fully saturated rings. The minimum atomic E-state index is -5.78. The van der Waals surface area contributed by atoms with Crippen molar-refractivity contribution >= 4 is 17.7 Å². The van der Waals surface area contributed by atoms with Crippen LogP contribution in [0.3, 0.4) is 0 Å². The Kier molecular flexibility index (Phi) is 8.48. The molecule has 182 valence electrons. The van der Waals surface area contributed by atoms with Gasteiger partial charge in [-0.25, -0.2) is 4.79 Å². The summed E-state index contributed by atoms with van der Waals surface area (Å²) in [4.78, 5) is 14.4. The second-order valence-electron chi connectivity index (χ2n) is 7.09. The van der Waals surface area contributed by atoms with Crippen LogP contribution in [0.15, 0.2) is 12.1 Å². The molecule has 1 saturated heterocycles. The van der Waals surface area contributed by atoms with Crippen LogP contribution in [0.1, 0.15) is 11.1 Å². The number of carbonyl (C=O) groups excluding carboxylic acids is 1. The summed E-state index contributed by atoms with van der Waals surface area (Å²) in [6, 6.07) is 3.40. The zero-order valence-corrected chi connectivity index (χ0v) is 17.5. The summed E-state index contributed by atoms with van der Waals surface area (Å²) in [5.74, 6) is 0.222. The molecule has 2 N–H and O–H groups in total. The number of aryl methyl sites for hydroxylation is 1. The molecule has 1 aliphatic heterocycles. The highest BCUT2D eigenvalue weighted by Crippen LogP contribution is 2.36. The number of nitrogens with zero attached hydrogens (tertiary/aromatic N) is 2. The van der Waals surface area contributed by atoms with Crippen LogP contribution in [0.5, 0.6) is 5.75 Å². The van der Waals surface area contributed by atoms with Gasteiger partial charge in [0, 0.05) is 38.3 Å². The number of piperazine rings is 1. The molecule has 7 nitrogen and oxygen atoms in total. The second kappa shape index (κ2) is 10.3. The summed E-state index contributed by atoms with van der Waals surface area (Å²) in [6.07, 6.45) is -19.2. The Morgan fingerprint density at radius 1 is 1.09 bits per heavy atom. The predicted molar refractivity (Wildman–Crippen MR) is 99.1 cm³/mol. The SMILES string of the molecule is Cc1ccc(CN2CCN(C(=O)OC(C(F)(F)F)C(F)(F)F)CC2)c(OCC(O)O)c1Cl. The fraction of sp³-hybridized carbons (Fsp3) is 0.611. The van der Waals surface area contributed by atoms with Gasteiger partial charge in [-0.3, -0.25) is 4.90 Å². The lowest BCUT2D eigenvalue weighted by Gasteiger charge is -2.35. The largest absolute Gasteiger partial charge is 0.486 e. The number of hydrogen-bond donors (Lipinski definition) is 2. The molecule has 1 aromatic carbocycles. The Bertz CT molecular complexity index is 783. The van der Waals surface area contributed by atoms with Crippen LogP contribution in [0, 0.1) is 6.92 Å². The van der Waals surface area contributed by atoms with E-state index in [0.717, 1.165) is 4.90 Å². The van der Waals surface area contributed by atoms with E-state index < -0.39 is 37.4 Å². The number of amides is 1. The molecule has 0 atom stereocenters. The van der Waals surface area contributed by atoms with Crippen LogP contribution in [0.2, 0.25) is 5.02 Å². The maximum absolute atomic E-state index is 12.6. The molecule has 0 spiro atoms. The zero-order chi connectivity index (χ0) is 24.3. The molecule has 0 saturated carbocycles. The van der Waals surface area contributed by atoms with Gasteiger partial charge in [0.1, 0.15) is 12.4 Å². The lowest BCUT2D eigenvalue weighted by Crippen LogP contribution is -2.52. The van der Waals surface area contributed by atoms with Crippen molar-refractivity contribution in [3.8, 4) is 5.75 Å². The van der Waals surface area contributed by atoms with Crippen molar-refractivity contribution in [1.29, 1.82) is 0 Å². The third kappa shape index (κ3) is 7.02. The predicted octanol–water partition coefficient (Wildman–Crippen LogP) is 3.09. The van der Waals surface area contributed by atoms with Gasteiger partial charge in [-0.1, -0.05) is 23.7 Å². The van der Waals surface area contributed by atoms with E-state index in [2.05, 4.69) is 4.74 Å². The maximum atomic E-state index is 12.6. The van der Waals surface area contributed by atoms with Crippen molar-refractivity contribution in [1.82, 2.24) is 9.80 Å². The average molecular weight is 495 g/mol. The van der Waals surface area contributed by atoms with E-state index in [-0.39, 0.29) is 43.5 Å². The molecule has 2 rings (SSSR count). The number of alkyl halides is 6. The van der Waals surface area contributed by atoms with Crippen molar-refractivity contribution in [3.05, 3.63) is 28.3 Å². The molecule has 0 aromatic heterocycles. The van der Waals surface area contributed by atoms with E-state index in [1.807, 2.05) is 0 Å². The lowest BCUT2D eigenvalue weighted by atomic mass is 10.1. The van der Waals surface area contributed by atoms with Crippen LogP contribution in [0.25, 0.3) is 0 Å². The standard InChI is InChI=1S/C18H21ClF6N2O5/c1-10-2-3-11(14(13(10)19)31-9-12(28)29)8-26-4-6-27(7-5-26)16(30)32-15(17(20,21)22)18(23,24)25/h2-3,12,15,28-29H,4-9H2,1H3. The highest BCUT2D eigenvalue weighted by molar-refractivity contribution is 6.32. The first-order valence-electron chi connectivity index (χ1n) is 9.28. The van der Waals surface area contributed by atoms with Crippen LogP contribution >= 0.6 is 11.6 Å². The minimum absolute atomic E-state index is 0.130. The first-order chi connectivity index (χ1) is 14.7. The maximum Gasteiger partial charge on any atom is 0.434 e. The van der Waals surface area contributed by atoms with Crippen molar-refractivity contribution < 1.29 is 50.8 Å². The van der Waals surface area contributed by atoms with Gasteiger partial charge >= 0.3 is 18.4 Å². The number of hydrogen-bond acceptors (Lipinski definition) is 6. The van der Waals surface area contributed by atoms with Crippen molar-refractivity contribution in [2.45, 2.75) is 38.2 Å². The number of carbonyl (C=O) groups is 1. The van der Waals surface area contributed by atoms with Gasteiger partial charge < -0.3 is 24.6 Å². The van der Waals surface area contributed by atoms with Gasteiger partial charge in [-0.15, -0.1) is 0 Å². The van der Waals surface area contributed by atoms with E-state index in [1.54, 1.807) is 24.0 Å². The quantitative estimate of drug-likeness (QED) is 0.467.